The van der Waals surface area contributed by atoms with E-state index in [2.05, 4.69) is 5.32 Å². The molecule has 0 saturated heterocycles. The lowest BCUT2D eigenvalue weighted by Crippen LogP contribution is -2.00. The van der Waals surface area contributed by atoms with Crippen LogP contribution in [0.15, 0.2) is 30.3 Å². The summed E-state index contributed by atoms with van der Waals surface area (Å²) in [5.41, 5.74) is -0.750. The van der Waals surface area contributed by atoms with Crippen LogP contribution in [0.1, 0.15) is 5.56 Å². The maximum absolute atomic E-state index is 13.7. The Bertz CT molecular complexity index is 696. The highest BCUT2D eigenvalue weighted by Gasteiger charge is 2.14. The first-order chi connectivity index (χ1) is 9.56. The van der Waals surface area contributed by atoms with Crippen LogP contribution in [0.5, 0.6) is 5.75 Å². The van der Waals surface area contributed by atoms with Crippen molar-refractivity contribution < 1.29 is 17.9 Å². The summed E-state index contributed by atoms with van der Waals surface area (Å²) in [6.07, 6.45) is 0. The fourth-order valence-electron chi connectivity index (χ4n) is 1.60. The second-order valence-electron chi connectivity index (χ2n) is 3.87. The molecule has 0 unspecified atom stereocenters. The number of nitrogens with zero attached hydrogens (tertiary/aromatic N) is 1. The number of nitriles is 1. The number of anilines is 2. The molecule has 0 radical (unpaired) electrons. The molecule has 2 aromatic rings. The highest BCUT2D eigenvalue weighted by Crippen LogP contribution is 2.27. The monoisotopic (exact) mass is 278 g/mol. The Morgan fingerprint density at radius 1 is 1.05 bits per heavy atom. The minimum Gasteiger partial charge on any atom is -0.497 e. The fraction of sp³-hybridized carbons (Fsp3) is 0.0714. The van der Waals surface area contributed by atoms with Gasteiger partial charge >= 0.3 is 0 Å². The highest BCUT2D eigenvalue weighted by molar-refractivity contribution is 5.63. The van der Waals surface area contributed by atoms with E-state index in [1.165, 1.54) is 25.3 Å². The van der Waals surface area contributed by atoms with Crippen LogP contribution in [0.2, 0.25) is 0 Å². The van der Waals surface area contributed by atoms with Crippen molar-refractivity contribution >= 4 is 11.4 Å². The lowest BCUT2D eigenvalue weighted by atomic mass is 10.2. The predicted molar refractivity (Wildman–Crippen MR) is 67.3 cm³/mol. The van der Waals surface area contributed by atoms with Gasteiger partial charge in [-0.15, -0.1) is 0 Å². The average molecular weight is 278 g/mol. The van der Waals surface area contributed by atoms with Gasteiger partial charge in [0.2, 0.25) is 0 Å². The van der Waals surface area contributed by atoms with Gasteiger partial charge in [0.05, 0.1) is 24.0 Å². The zero-order valence-corrected chi connectivity index (χ0v) is 10.4. The molecule has 2 rings (SSSR count). The second-order valence-corrected chi connectivity index (χ2v) is 3.87. The maximum atomic E-state index is 13.7. The highest BCUT2D eigenvalue weighted by atomic mass is 19.2. The number of rotatable bonds is 3. The van der Waals surface area contributed by atoms with Gasteiger partial charge in [-0.25, -0.2) is 13.2 Å². The smallest absolute Gasteiger partial charge is 0.183 e. The number of hydrogen-bond donors (Lipinski definition) is 1. The summed E-state index contributed by atoms with van der Waals surface area (Å²) in [5.74, 6) is -2.80. The molecule has 0 aromatic heterocycles. The van der Waals surface area contributed by atoms with Crippen molar-refractivity contribution in [2.24, 2.45) is 0 Å². The molecule has 0 bridgehead atoms. The van der Waals surface area contributed by atoms with E-state index in [0.29, 0.717) is 5.75 Å². The summed E-state index contributed by atoms with van der Waals surface area (Å²) in [4.78, 5) is 0. The van der Waals surface area contributed by atoms with Crippen molar-refractivity contribution in [1.82, 2.24) is 0 Å². The summed E-state index contributed by atoms with van der Waals surface area (Å²) in [5, 5.41) is 11.0. The molecular formula is C14H9F3N2O. The Morgan fingerprint density at radius 3 is 2.45 bits per heavy atom. The molecule has 0 fully saturated rings. The van der Waals surface area contributed by atoms with E-state index < -0.39 is 23.0 Å². The van der Waals surface area contributed by atoms with Crippen molar-refractivity contribution in [3.63, 3.8) is 0 Å². The topological polar surface area (TPSA) is 45.0 Å². The summed E-state index contributed by atoms with van der Waals surface area (Å²) in [6, 6.07) is 7.64. The minimum absolute atomic E-state index is 0.0626. The lowest BCUT2D eigenvalue weighted by molar-refractivity contribution is 0.414. The molecule has 3 nitrogen and oxygen atoms in total. The molecule has 6 heteroatoms. The number of ether oxygens (including phenoxy) is 1. The first kappa shape index (κ1) is 13.7. The zero-order chi connectivity index (χ0) is 14.7. The van der Waals surface area contributed by atoms with E-state index in [-0.39, 0.29) is 11.4 Å². The molecule has 2 aromatic carbocycles. The van der Waals surface area contributed by atoms with Crippen molar-refractivity contribution in [1.29, 1.82) is 5.26 Å². The van der Waals surface area contributed by atoms with Crippen LogP contribution in [0, 0.1) is 28.8 Å². The Morgan fingerprint density at radius 2 is 1.80 bits per heavy atom. The Balaban J connectivity index is 2.41. The molecule has 0 aliphatic rings. The largest absolute Gasteiger partial charge is 0.497 e. The van der Waals surface area contributed by atoms with E-state index in [4.69, 9.17) is 10.00 Å². The van der Waals surface area contributed by atoms with E-state index >= 15 is 0 Å². The third-order valence-electron chi connectivity index (χ3n) is 2.65. The SMILES string of the molecule is COc1ccc(F)c(Nc2ccc(C#N)c(F)c2F)c1. The van der Waals surface area contributed by atoms with Gasteiger partial charge in [0, 0.05) is 6.07 Å². The molecule has 0 heterocycles. The number of methoxy groups -OCH3 is 1. The van der Waals surface area contributed by atoms with Crippen LogP contribution in [0.4, 0.5) is 24.5 Å². The van der Waals surface area contributed by atoms with Crippen LogP contribution in [-0.2, 0) is 0 Å². The fourth-order valence-corrected chi connectivity index (χ4v) is 1.60. The van der Waals surface area contributed by atoms with Crippen molar-refractivity contribution in [3.05, 3.63) is 53.3 Å². The number of benzene rings is 2. The van der Waals surface area contributed by atoms with Crippen LogP contribution in [-0.4, -0.2) is 7.11 Å². The number of halogens is 3. The van der Waals surface area contributed by atoms with Crippen molar-refractivity contribution in [2.45, 2.75) is 0 Å². The molecule has 102 valence electrons. The van der Waals surface area contributed by atoms with Gasteiger partial charge in [0.15, 0.2) is 11.6 Å². The molecule has 1 N–H and O–H groups in total. The first-order valence-electron chi connectivity index (χ1n) is 5.55. The summed E-state index contributed by atoms with van der Waals surface area (Å²) < 4.78 is 45.7. The number of hydrogen-bond acceptors (Lipinski definition) is 3. The average Bonchev–Trinajstić information content (AvgIpc) is 2.46. The van der Waals surface area contributed by atoms with Gasteiger partial charge in [-0.2, -0.15) is 5.26 Å². The molecule has 0 amide bonds. The molecule has 0 aliphatic carbocycles. The molecule has 0 aliphatic heterocycles. The zero-order valence-electron chi connectivity index (χ0n) is 10.4. The van der Waals surface area contributed by atoms with Crippen LogP contribution in [0.25, 0.3) is 0 Å². The summed E-state index contributed by atoms with van der Waals surface area (Å²) in [7, 11) is 1.40. The van der Waals surface area contributed by atoms with Crippen molar-refractivity contribution in [2.75, 3.05) is 12.4 Å². The number of nitrogens with one attached hydrogen (secondary N) is 1. The van der Waals surface area contributed by atoms with Gasteiger partial charge in [0.25, 0.3) is 0 Å². The van der Waals surface area contributed by atoms with Gasteiger partial charge in [-0.05, 0) is 24.3 Å². The van der Waals surface area contributed by atoms with E-state index in [1.54, 1.807) is 0 Å². The third-order valence-corrected chi connectivity index (χ3v) is 2.65. The Kier molecular flexibility index (Phi) is 3.80. The summed E-state index contributed by atoms with van der Waals surface area (Å²) >= 11 is 0. The predicted octanol–water partition coefficient (Wildman–Crippen LogP) is 3.73. The summed E-state index contributed by atoms with van der Waals surface area (Å²) in [6.45, 7) is 0. The quantitative estimate of drug-likeness (QED) is 0.930. The molecule has 0 saturated carbocycles. The first-order valence-corrected chi connectivity index (χ1v) is 5.55. The molecular weight excluding hydrogens is 269 g/mol. The minimum atomic E-state index is -1.28. The van der Waals surface area contributed by atoms with E-state index in [9.17, 15) is 13.2 Å². The second kappa shape index (κ2) is 5.53. The van der Waals surface area contributed by atoms with Gasteiger partial charge in [-0.3, -0.25) is 0 Å². The standard InChI is InChI=1S/C14H9F3N2O/c1-20-9-3-4-10(15)12(6-9)19-11-5-2-8(7-18)13(16)14(11)17/h2-6,19H,1H3. The third kappa shape index (κ3) is 2.52. The van der Waals surface area contributed by atoms with Crippen LogP contribution < -0.4 is 10.1 Å². The lowest BCUT2D eigenvalue weighted by Gasteiger charge is -2.10. The molecule has 0 atom stereocenters. The van der Waals surface area contributed by atoms with Crippen LogP contribution in [0.3, 0.4) is 0 Å². The Labute approximate surface area is 113 Å². The van der Waals surface area contributed by atoms with E-state index in [1.807, 2.05) is 0 Å². The van der Waals surface area contributed by atoms with Crippen LogP contribution >= 0.6 is 0 Å². The van der Waals surface area contributed by atoms with Gasteiger partial charge in [0.1, 0.15) is 17.6 Å². The van der Waals surface area contributed by atoms with Gasteiger partial charge in [-0.1, -0.05) is 0 Å². The van der Waals surface area contributed by atoms with Gasteiger partial charge < -0.3 is 10.1 Å². The Hall–Kier alpha value is -2.68. The molecule has 20 heavy (non-hydrogen) atoms. The van der Waals surface area contributed by atoms with Crippen molar-refractivity contribution in [3.8, 4) is 11.8 Å². The molecule has 0 spiro atoms. The normalized spacial score (nSPS) is 9.95. The maximum Gasteiger partial charge on any atom is 0.183 e. The van der Waals surface area contributed by atoms with E-state index in [0.717, 1.165) is 18.2 Å².